The van der Waals surface area contributed by atoms with Gasteiger partial charge in [0.2, 0.25) is 16.7 Å². The first-order chi connectivity index (χ1) is 17.7. The second-order valence-corrected chi connectivity index (χ2v) is 12.2. The number of anilines is 2. The van der Waals surface area contributed by atoms with E-state index in [4.69, 9.17) is 11.5 Å². The highest BCUT2D eigenvalue weighted by Crippen LogP contribution is 2.24. The molecule has 0 aliphatic carbocycles. The van der Waals surface area contributed by atoms with Crippen LogP contribution in [0, 0.1) is 13.8 Å². The van der Waals surface area contributed by atoms with Gasteiger partial charge in [0.25, 0.3) is 0 Å². The fraction of sp³-hybridized carbons (Fsp3) is 0.250. The van der Waals surface area contributed by atoms with Gasteiger partial charge in [0.1, 0.15) is 11.6 Å². The van der Waals surface area contributed by atoms with Crippen molar-refractivity contribution >= 4 is 68.4 Å². The third kappa shape index (κ3) is 6.86. The van der Waals surface area contributed by atoms with Crippen LogP contribution in [0.2, 0.25) is 0 Å². The van der Waals surface area contributed by atoms with Crippen molar-refractivity contribution in [3.8, 4) is 0 Å². The number of nitrogens with two attached hydrogens (primary N) is 2. The van der Waals surface area contributed by atoms with Gasteiger partial charge in [-0.3, -0.25) is 13.8 Å². The number of nitrogens with zero attached hydrogens (tertiary/aromatic N) is 4. The highest BCUT2D eigenvalue weighted by Gasteiger charge is 2.19. The summed E-state index contributed by atoms with van der Waals surface area (Å²) in [5.74, 6) is 1.31. The highest BCUT2D eigenvalue weighted by atomic mass is 32.2. The number of rotatable bonds is 8. The number of aryl methyl sites for hydroxylation is 2. The molecule has 13 heteroatoms. The fourth-order valence-corrected chi connectivity index (χ4v) is 5.93. The zero-order valence-electron chi connectivity index (χ0n) is 20.7. The van der Waals surface area contributed by atoms with Gasteiger partial charge in [0.15, 0.2) is 5.16 Å². The van der Waals surface area contributed by atoms with Gasteiger partial charge in [-0.15, -0.1) is 22.7 Å². The van der Waals surface area contributed by atoms with E-state index in [2.05, 4.69) is 19.9 Å². The molecule has 4 rings (SSSR count). The third-order valence-electron chi connectivity index (χ3n) is 4.96. The minimum absolute atomic E-state index is 0.0737. The standard InChI is InChI=1S/C12H13N3O2S2.C12H13N3OS2/c1-3-19(17)12-14-6-8(11(13)15-12)9(16)10-7(2)4-5-18-10;1-3-17-12-14-6-8(11(13)15-12)9(16)10-7(2)4-5-18-10/h4-6H,3H2,1-2H3,(H2,13,14,15);4-6H,3H2,1-2H3,(H2,13,14,15). The van der Waals surface area contributed by atoms with Gasteiger partial charge in [-0.05, 0) is 53.6 Å². The van der Waals surface area contributed by atoms with E-state index >= 15 is 0 Å². The molecular weight excluding hydrogens is 549 g/mol. The summed E-state index contributed by atoms with van der Waals surface area (Å²) < 4.78 is 11.6. The summed E-state index contributed by atoms with van der Waals surface area (Å²) in [5, 5.41) is 4.51. The average Bonchev–Trinajstić information content (AvgIpc) is 3.51. The molecule has 4 aromatic heterocycles. The van der Waals surface area contributed by atoms with Crippen LogP contribution < -0.4 is 11.5 Å². The Labute approximate surface area is 229 Å². The van der Waals surface area contributed by atoms with Crippen LogP contribution in [0.1, 0.15) is 55.4 Å². The largest absolute Gasteiger partial charge is 0.383 e. The normalized spacial score (nSPS) is 11.5. The molecule has 1 atom stereocenters. The molecule has 4 heterocycles. The molecule has 0 aromatic carbocycles. The molecule has 4 N–H and O–H groups in total. The van der Waals surface area contributed by atoms with Gasteiger partial charge in [0, 0.05) is 18.1 Å². The van der Waals surface area contributed by atoms with Crippen molar-refractivity contribution in [3.05, 3.63) is 67.3 Å². The zero-order chi connectivity index (χ0) is 27.1. The molecule has 194 valence electrons. The Morgan fingerprint density at radius 2 is 1.41 bits per heavy atom. The molecule has 0 fully saturated rings. The average molecular weight is 575 g/mol. The highest BCUT2D eigenvalue weighted by molar-refractivity contribution is 7.99. The first-order valence-electron chi connectivity index (χ1n) is 11.1. The minimum atomic E-state index is -1.27. The lowest BCUT2D eigenvalue weighted by Crippen LogP contribution is -2.11. The molecule has 0 radical (unpaired) electrons. The molecule has 0 spiro atoms. The first-order valence-corrected chi connectivity index (χ1v) is 15.2. The number of ketones is 2. The van der Waals surface area contributed by atoms with Gasteiger partial charge in [-0.1, -0.05) is 25.6 Å². The van der Waals surface area contributed by atoms with Crippen LogP contribution in [0.5, 0.6) is 0 Å². The van der Waals surface area contributed by atoms with Gasteiger partial charge >= 0.3 is 0 Å². The second-order valence-electron chi connectivity index (χ2n) is 7.49. The van der Waals surface area contributed by atoms with Crippen LogP contribution in [0.4, 0.5) is 11.6 Å². The lowest BCUT2D eigenvalue weighted by atomic mass is 10.1. The monoisotopic (exact) mass is 574 g/mol. The molecule has 9 nitrogen and oxygen atoms in total. The molecule has 37 heavy (non-hydrogen) atoms. The van der Waals surface area contributed by atoms with Crippen molar-refractivity contribution in [1.29, 1.82) is 0 Å². The molecule has 0 saturated carbocycles. The predicted molar refractivity (Wildman–Crippen MR) is 151 cm³/mol. The minimum Gasteiger partial charge on any atom is -0.383 e. The Kier molecular flexibility index (Phi) is 10.0. The van der Waals surface area contributed by atoms with E-state index in [9.17, 15) is 13.8 Å². The molecule has 0 amide bonds. The Hall–Kier alpha value is -3.00. The van der Waals surface area contributed by atoms with Gasteiger partial charge in [-0.25, -0.2) is 19.9 Å². The molecule has 0 saturated heterocycles. The summed E-state index contributed by atoms with van der Waals surface area (Å²) >= 11 is 4.26. The zero-order valence-corrected chi connectivity index (χ0v) is 23.9. The van der Waals surface area contributed by atoms with Crippen molar-refractivity contribution in [2.45, 2.75) is 38.0 Å². The Morgan fingerprint density at radius 1 is 0.892 bits per heavy atom. The Bertz CT molecular complexity index is 1450. The number of hydrogen-bond acceptors (Lipinski definition) is 12. The summed E-state index contributed by atoms with van der Waals surface area (Å²) in [7, 11) is -1.27. The van der Waals surface area contributed by atoms with Crippen molar-refractivity contribution in [2.24, 2.45) is 0 Å². The van der Waals surface area contributed by atoms with Crippen LogP contribution in [0.3, 0.4) is 0 Å². The number of carbonyl (C=O) groups is 2. The SMILES string of the molecule is CCS(=O)c1ncc(C(=O)c2sccc2C)c(N)n1.CCSc1ncc(C(=O)c2sccc2C)c(N)n1. The van der Waals surface area contributed by atoms with E-state index in [1.165, 1.54) is 46.8 Å². The summed E-state index contributed by atoms with van der Waals surface area (Å²) in [4.78, 5) is 42.1. The number of nitrogen functional groups attached to an aromatic ring is 2. The molecule has 0 bridgehead atoms. The summed E-state index contributed by atoms with van der Waals surface area (Å²) in [6.07, 6.45) is 2.87. The quantitative estimate of drug-likeness (QED) is 0.174. The number of carbonyl (C=O) groups excluding carboxylic acids is 2. The Balaban J connectivity index is 0.000000206. The van der Waals surface area contributed by atoms with E-state index in [-0.39, 0.29) is 33.9 Å². The number of aromatic nitrogens is 4. The first kappa shape index (κ1) is 28.6. The van der Waals surface area contributed by atoms with Crippen LogP contribution in [0.25, 0.3) is 0 Å². The molecule has 1 unspecified atom stereocenters. The van der Waals surface area contributed by atoms with Crippen molar-refractivity contribution in [1.82, 2.24) is 19.9 Å². The van der Waals surface area contributed by atoms with Gasteiger partial charge in [0.05, 0.1) is 31.7 Å². The van der Waals surface area contributed by atoms with E-state index in [0.717, 1.165) is 16.9 Å². The summed E-state index contributed by atoms with van der Waals surface area (Å²) in [5.41, 5.74) is 14.1. The van der Waals surface area contributed by atoms with Crippen LogP contribution in [-0.2, 0) is 10.8 Å². The second kappa shape index (κ2) is 13.0. The number of thiophene rings is 2. The molecule has 0 aliphatic heterocycles. The molecular formula is C24H26N6O3S4. The lowest BCUT2D eigenvalue weighted by molar-refractivity contribution is 0.103. The van der Waals surface area contributed by atoms with Crippen LogP contribution >= 0.6 is 34.4 Å². The van der Waals surface area contributed by atoms with E-state index in [1.54, 1.807) is 6.92 Å². The summed E-state index contributed by atoms with van der Waals surface area (Å²) in [6.45, 7) is 7.55. The molecule has 4 aromatic rings. The number of hydrogen-bond donors (Lipinski definition) is 2. The van der Waals surface area contributed by atoms with Crippen molar-refractivity contribution < 1.29 is 13.8 Å². The van der Waals surface area contributed by atoms with Crippen molar-refractivity contribution in [3.63, 3.8) is 0 Å². The van der Waals surface area contributed by atoms with E-state index in [0.29, 0.717) is 26.2 Å². The maximum atomic E-state index is 12.3. The summed E-state index contributed by atoms with van der Waals surface area (Å²) in [6, 6.07) is 3.78. The van der Waals surface area contributed by atoms with E-state index < -0.39 is 10.8 Å². The Morgan fingerprint density at radius 3 is 1.81 bits per heavy atom. The topological polar surface area (TPSA) is 155 Å². The smallest absolute Gasteiger partial charge is 0.220 e. The maximum absolute atomic E-state index is 12.3. The van der Waals surface area contributed by atoms with Crippen LogP contribution in [-0.4, -0.2) is 47.2 Å². The third-order valence-corrected chi connectivity index (χ3v) is 8.86. The maximum Gasteiger partial charge on any atom is 0.220 e. The lowest BCUT2D eigenvalue weighted by Gasteiger charge is -2.05. The van der Waals surface area contributed by atoms with E-state index in [1.807, 2.05) is 43.7 Å². The van der Waals surface area contributed by atoms with Gasteiger partial charge in [-0.2, -0.15) is 0 Å². The van der Waals surface area contributed by atoms with Crippen molar-refractivity contribution in [2.75, 3.05) is 23.0 Å². The fourth-order valence-electron chi connectivity index (χ4n) is 3.00. The molecule has 0 aliphatic rings. The van der Waals surface area contributed by atoms with Crippen LogP contribution in [0.15, 0.2) is 45.6 Å². The van der Waals surface area contributed by atoms with Gasteiger partial charge < -0.3 is 11.5 Å². The number of thioether (sulfide) groups is 1. The predicted octanol–water partition coefficient (Wildman–Crippen LogP) is 4.56.